The van der Waals surface area contributed by atoms with Crippen molar-refractivity contribution in [3.8, 4) is 5.75 Å². The molecule has 1 aromatic carbocycles. The van der Waals surface area contributed by atoms with Gasteiger partial charge in [-0.25, -0.2) is 0 Å². The Hall–Kier alpha value is -1.46. The third-order valence-electron chi connectivity index (χ3n) is 3.20. The number of nitrogen functional groups attached to an aromatic ring is 1. The summed E-state index contributed by atoms with van der Waals surface area (Å²) in [6.45, 7) is 10.4. The molecule has 0 fully saturated rings. The SMILES string of the molecule is CNC(=O)c1cc(Cl)c(N)cc1OC(C)(C)CCOC(C)(C)C. The summed E-state index contributed by atoms with van der Waals surface area (Å²) < 4.78 is 11.8. The van der Waals surface area contributed by atoms with Crippen molar-refractivity contribution in [2.45, 2.75) is 52.2 Å². The number of carbonyl (C=O) groups excluding carboxylic acids is 1. The molecule has 0 atom stereocenters. The summed E-state index contributed by atoms with van der Waals surface area (Å²) in [6.07, 6.45) is 0.667. The minimum atomic E-state index is -0.520. The number of amides is 1. The lowest BCUT2D eigenvalue weighted by Crippen LogP contribution is -2.33. The monoisotopic (exact) mass is 342 g/mol. The summed E-state index contributed by atoms with van der Waals surface area (Å²) >= 11 is 6.01. The summed E-state index contributed by atoms with van der Waals surface area (Å²) in [5, 5.41) is 2.90. The highest BCUT2D eigenvalue weighted by atomic mass is 35.5. The maximum Gasteiger partial charge on any atom is 0.254 e. The molecule has 0 aliphatic heterocycles. The molecule has 5 nitrogen and oxygen atoms in total. The highest BCUT2D eigenvalue weighted by Gasteiger charge is 2.25. The van der Waals surface area contributed by atoms with Crippen molar-refractivity contribution >= 4 is 23.2 Å². The number of halogens is 1. The van der Waals surface area contributed by atoms with Crippen molar-refractivity contribution in [2.75, 3.05) is 19.4 Å². The van der Waals surface area contributed by atoms with Gasteiger partial charge in [0.15, 0.2) is 0 Å². The van der Waals surface area contributed by atoms with Gasteiger partial charge < -0.3 is 20.5 Å². The second-order valence-electron chi connectivity index (χ2n) is 7.02. The second-order valence-corrected chi connectivity index (χ2v) is 7.43. The molecule has 1 amide bonds. The van der Waals surface area contributed by atoms with Crippen LogP contribution in [0.1, 0.15) is 51.4 Å². The number of benzene rings is 1. The fourth-order valence-electron chi connectivity index (χ4n) is 1.92. The second kappa shape index (κ2) is 7.41. The number of hydrogen-bond acceptors (Lipinski definition) is 4. The molecule has 130 valence electrons. The standard InChI is InChI=1S/C17H27ClN2O3/c1-16(2,3)22-8-7-17(4,5)23-14-10-13(19)12(18)9-11(14)15(21)20-6/h9-10H,7-8,19H2,1-6H3,(H,20,21). The fraction of sp³-hybridized carbons (Fsp3) is 0.588. The van der Waals surface area contributed by atoms with Crippen LogP contribution < -0.4 is 15.8 Å². The summed E-state index contributed by atoms with van der Waals surface area (Å²) in [4.78, 5) is 12.0. The molecule has 6 heteroatoms. The molecule has 0 saturated carbocycles. The van der Waals surface area contributed by atoms with Gasteiger partial charge in [0.2, 0.25) is 0 Å². The molecule has 0 spiro atoms. The van der Waals surface area contributed by atoms with Gasteiger partial charge in [-0.05, 0) is 40.7 Å². The first-order valence-corrected chi connectivity index (χ1v) is 7.97. The topological polar surface area (TPSA) is 73.6 Å². The Morgan fingerprint density at radius 2 is 1.87 bits per heavy atom. The number of rotatable bonds is 6. The van der Waals surface area contributed by atoms with Crippen LogP contribution in [-0.4, -0.2) is 30.8 Å². The summed E-state index contributed by atoms with van der Waals surface area (Å²) in [6, 6.07) is 3.10. The van der Waals surface area contributed by atoms with Crippen LogP contribution in [0.5, 0.6) is 5.75 Å². The summed E-state index contributed by atoms with van der Waals surface area (Å²) in [7, 11) is 1.55. The zero-order valence-electron chi connectivity index (χ0n) is 14.7. The average molecular weight is 343 g/mol. The number of nitrogens with two attached hydrogens (primary N) is 1. The van der Waals surface area contributed by atoms with Crippen LogP contribution in [0.3, 0.4) is 0 Å². The third-order valence-corrected chi connectivity index (χ3v) is 3.52. The normalized spacial score (nSPS) is 12.1. The molecule has 3 N–H and O–H groups in total. The molecule has 0 saturated heterocycles. The summed E-state index contributed by atoms with van der Waals surface area (Å²) in [5.41, 5.74) is 5.85. The maximum absolute atomic E-state index is 12.0. The van der Waals surface area contributed by atoms with E-state index in [-0.39, 0.29) is 11.5 Å². The average Bonchev–Trinajstić information content (AvgIpc) is 2.39. The Morgan fingerprint density at radius 1 is 1.26 bits per heavy atom. The zero-order chi connectivity index (χ0) is 17.8. The minimum Gasteiger partial charge on any atom is -0.487 e. The van der Waals surface area contributed by atoms with Gasteiger partial charge in [-0.1, -0.05) is 11.6 Å². The van der Waals surface area contributed by atoms with Crippen molar-refractivity contribution in [1.29, 1.82) is 0 Å². The molecule has 0 heterocycles. The number of anilines is 1. The highest BCUT2D eigenvalue weighted by Crippen LogP contribution is 2.32. The van der Waals surface area contributed by atoms with E-state index < -0.39 is 5.60 Å². The van der Waals surface area contributed by atoms with E-state index in [0.29, 0.717) is 35.1 Å². The first-order valence-electron chi connectivity index (χ1n) is 7.59. The van der Waals surface area contributed by atoms with Crippen LogP contribution >= 0.6 is 11.6 Å². The third kappa shape index (κ3) is 6.28. The van der Waals surface area contributed by atoms with Crippen LogP contribution in [0.4, 0.5) is 5.69 Å². The van der Waals surface area contributed by atoms with Crippen molar-refractivity contribution < 1.29 is 14.3 Å². The van der Waals surface area contributed by atoms with Crippen molar-refractivity contribution in [2.24, 2.45) is 0 Å². The number of carbonyl (C=O) groups is 1. The van der Waals surface area contributed by atoms with Crippen molar-refractivity contribution in [1.82, 2.24) is 5.32 Å². The van der Waals surface area contributed by atoms with Gasteiger partial charge in [-0.3, -0.25) is 4.79 Å². The Labute approximate surface area is 143 Å². The van der Waals surface area contributed by atoms with Gasteiger partial charge in [0.1, 0.15) is 11.4 Å². The Morgan fingerprint density at radius 3 is 2.39 bits per heavy atom. The molecule has 1 aromatic rings. The molecule has 23 heavy (non-hydrogen) atoms. The lowest BCUT2D eigenvalue weighted by atomic mass is 10.0. The van der Waals surface area contributed by atoms with Crippen LogP contribution in [0.25, 0.3) is 0 Å². The summed E-state index contributed by atoms with van der Waals surface area (Å²) in [5.74, 6) is 0.135. The minimum absolute atomic E-state index is 0.200. The fourth-order valence-corrected chi connectivity index (χ4v) is 2.08. The molecule has 0 bridgehead atoms. The van der Waals surface area contributed by atoms with E-state index in [1.807, 2.05) is 34.6 Å². The first kappa shape index (κ1) is 19.6. The molecule has 0 aromatic heterocycles. The molecule has 1 rings (SSSR count). The van der Waals surface area contributed by atoms with Gasteiger partial charge in [-0.2, -0.15) is 0 Å². The van der Waals surface area contributed by atoms with Gasteiger partial charge in [0, 0.05) is 19.5 Å². The Balaban J connectivity index is 2.93. The van der Waals surface area contributed by atoms with E-state index in [0.717, 1.165) is 0 Å². The number of ether oxygens (including phenoxy) is 2. The van der Waals surface area contributed by atoms with Gasteiger partial charge in [0.05, 0.1) is 28.5 Å². The van der Waals surface area contributed by atoms with E-state index in [1.54, 1.807) is 13.1 Å². The van der Waals surface area contributed by atoms with Crippen molar-refractivity contribution in [3.05, 3.63) is 22.7 Å². The van der Waals surface area contributed by atoms with Crippen molar-refractivity contribution in [3.63, 3.8) is 0 Å². The quantitative estimate of drug-likeness (QED) is 0.774. The van der Waals surface area contributed by atoms with Gasteiger partial charge in [-0.15, -0.1) is 0 Å². The van der Waals surface area contributed by atoms with Crippen LogP contribution in [0.15, 0.2) is 12.1 Å². The van der Waals surface area contributed by atoms with E-state index in [9.17, 15) is 4.79 Å². The molecular weight excluding hydrogens is 316 g/mol. The maximum atomic E-state index is 12.0. The molecular formula is C17H27ClN2O3. The first-order chi connectivity index (χ1) is 10.4. The van der Waals surface area contributed by atoms with Gasteiger partial charge >= 0.3 is 0 Å². The van der Waals surface area contributed by atoms with Crippen LogP contribution in [-0.2, 0) is 4.74 Å². The van der Waals surface area contributed by atoms with E-state index in [2.05, 4.69) is 5.32 Å². The Kier molecular flexibility index (Phi) is 6.31. The largest absolute Gasteiger partial charge is 0.487 e. The predicted molar refractivity (Wildman–Crippen MR) is 94.3 cm³/mol. The molecule has 0 aliphatic rings. The smallest absolute Gasteiger partial charge is 0.254 e. The van der Waals surface area contributed by atoms with Gasteiger partial charge in [0.25, 0.3) is 5.91 Å². The molecule has 0 unspecified atom stereocenters. The molecule has 0 radical (unpaired) electrons. The molecule has 0 aliphatic carbocycles. The van der Waals surface area contributed by atoms with E-state index >= 15 is 0 Å². The van der Waals surface area contributed by atoms with E-state index in [1.165, 1.54) is 6.07 Å². The highest BCUT2D eigenvalue weighted by molar-refractivity contribution is 6.33. The number of hydrogen-bond donors (Lipinski definition) is 2. The zero-order valence-corrected chi connectivity index (χ0v) is 15.5. The van der Waals surface area contributed by atoms with E-state index in [4.69, 9.17) is 26.8 Å². The lowest BCUT2D eigenvalue weighted by molar-refractivity contribution is -0.0293. The Bertz CT molecular complexity index is 566. The lowest BCUT2D eigenvalue weighted by Gasteiger charge is -2.29. The van der Waals surface area contributed by atoms with Crippen LogP contribution in [0.2, 0.25) is 5.02 Å². The predicted octanol–water partition coefficient (Wildman–Crippen LogP) is 3.64. The van der Waals surface area contributed by atoms with Crippen LogP contribution in [0, 0.1) is 0 Å². The number of nitrogens with one attached hydrogen (secondary N) is 1.